The maximum Gasteiger partial charge on any atom is 0.243 e. The number of methoxy groups -OCH3 is 1. The number of nitrogens with zero attached hydrogens (tertiary/aromatic N) is 1. The molecule has 0 spiro atoms. The second-order valence-electron chi connectivity index (χ2n) is 5.99. The van der Waals surface area contributed by atoms with E-state index in [2.05, 4.69) is 5.32 Å². The fourth-order valence-electron chi connectivity index (χ4n) is 2.69. The molecule has 2 aromatic carbocycles. The molecule has 0 unspecified atom stereocenters. The first-order valence-electron chi connectivity index (χ1n) is 8.89. The van der Waals surface area contributed by atoms with E-state index in [1.165, 1.54) is 16.4 Å². The van der Waals surface area contributed by atoms with Crippen molar-refractivity contribution in [3.63, 3.8) is 0 Å². The Morgan fingerprint density at radius 2 is 1.59 bits per heavy atom. The van der Waals surface area contributed by atoms with Crippen molar-refractivity contribution in [3.8, 4) is 5.75 Å². The average Bonchev–Trinajstić information content (AvgIpc) is 2.69. The van der Waals surface area contributed by atoms with Crippen molar-refractivity contribution in [3.05, 3.63) is 59.7 Å². The summed E-state index contributed by atoms with van der Waals surface area (Å²) in [6.45, 7) is 5.16. The van der Waals surface area contributed by atoms with Crippen LogP contribution in [0.15, 0.2) is 53.4 Å². The monoisotopic (exact) mass is 390 g/mol. The fourth-order valence-corrected chi connectivity index (χ4v) is 4.15. The maximum absolute atomic E-state index is 12.5. The molecule has 0 aliphatic carbocycles. The van der Waals surface area contributed by atoms with Crippen molar-refractivity contribution in [1.29, 1.82) is 0 Å². The number of rotatable bonds is 10. The Labute approximate surface area is 161 Å². The lowest BCUT2D eigenvalue weighted by molar-refractivity contribution is 0.0990. The van der Waals surface area contributed by atoms with Crippen LogP contribution in [0.25, 0.3) is 0 Å². The SMILES string of the molecule is CCN(CC)S(=O)(=O)c1ccc(C(=O)CNCc2ccc(OC)cc2)cc1. The highest BCUT2D eigenvalue weighted by molar-refractivity contribution is 7.89. The van der Waals surface area contributed by atoms with E-state index in [0.29, 0.717) is 25.2 Å². The first-order chi connectivity index (χ1) is 12.9. The van der Waals surface area contributed by atoms with E-state index >= 15 is 0 Å². The smallest absolute Gasteiger partial charge is 0.243 e. The molecule has 0 saturated carbocycles. The van der Waals surface area contributed by atoms with Gasteiger partial charge in [0.2, 0.25) is 10.0 Å². The summed E-state index contributed by atoms with van der Waals surface area (Å²) in [6.07, 6.45) is 0. The number of nitrogens with one attached hydrogen (secondary N) is 1. The minimum absolute atomic E-state index is 0.0877. The quantitative estimate of drug-likeness (QED) is 0.631. The van der Waals surface area contributed by atoms with Crippen LogP contribution in [-0.4, -0.2) is 45.3 Å². The molecule has 0 aliphatic heterocycles. The molecule has 146 valence electrons. The zero-order chi connectivity index (χ0) is 19.9. The van der Waals surface area contributed by atoms with Gasteiger partial charge in [0, 0.05) is 25.2 Å². The number of ether oxygens (including phenoxy) is 1. The molecular formula is C20H26N2O4S. The van der Waals surface area contributed by atoms with E-state index in [-0.39, 0.29) is 17.2 Å². The van der Waals surface area contributed by atoms with E-state index < -0.39 is 10.0 Å². The summed E-state index contributed by atoms with van der Waals surface area (Å²) in [5.74, 6) is 0.699. The molecule has 0 bridgehead atoms. The van der Waals surface area contributed by atoms with E-state index in [9.17, 15) is 13.2 Å². The third kappa shape index (κ3) is 5.38. The number of sulfonamides is 1. The predicted octanol–water partition coefficient (Wildman–Crippen LogP) is 2.70. The molecule has 0 saturated heterocycles. The molecule has 6 nitrogen and oxygen atoms in total. The summed E-state index contributed by atoms with van der Waals surface area (Å²) in [7, 11) is -1.89. The molecule has 2 rings (SSSR count). The number of ketones is 1. The van der Waals surface area contributed by atoms with Gasteiger partial charge >= 0.3 is 0 Å². The number of carbonyl (C=O) groups excluding carboxylic acids is 1. The average molecular weight is 391 g/mol. The highest BCUT2D eigenvalue weighted by atomic mass is 32.2. The van der Waals surface area contributed by atoms with Crippen LogP contribution in [0.5, 0.6) is 5.75 Å². The highest BCUT2D eigenvalue weighted by Crippen LogP contribution is 2.16. The lowest BCUT2D eigenvalue weighted by atomic mass is 10.1. The van der Waals surface area contributed by atoms with Crippen molar-refractivity contribution in [1.82, 2.24) is 9.62 Å². The van der Waals surface area contributed by atoms with Gasteiger partial charge in [-0.05, 0) is 29.8 Å². The van der Waals surface area contributed by atoms with Crippen LogP contribution in [0.1, 0.15) is 29.8 Å². The largest absolute Gasteiger partial charge is 0.497 e. The van der Waals surface area contributed by atoms with Crippen LogP contribution in [0.4, 0.5) is 0 Å². The highest BCUT2D eigenvalue weighted by Gasteiger charge is 2.21. The van der Waals surface area contributed by atoms with Gasteiger partial charge in [-0.3, -0.25) is 4.79 Å². The Kier molecular flexibility index (Phi) is 7.53. The van der Waals surface area contributed by atoms with Gasteiger partial charge in [-0.1, -0.05) is 38.1 Å². The molecular weight excluding hydrogens is 364 g/mol. The molecule has 0 heterocycles. The molecule has 2 aromatic rings. The second-order valence-corrected chi connectivity index (χ2v) is 7.93. The zero-order valence-corrected chi connectivity index (χ0v) is 16.8. The van der Waals surface area contributed by atoms with E-state index in [1.54, 1.807) is 33.1 Å². The standard InChI is InChI=1S/C20H26N2O4S/c1-4-22(5-2)27(24,25)19-12-8-17(9-13-19)20(23)15-21-14-16-6-10-18(26-3)11-7-16/h6-13,21H,4-5,14-15H2,1-3H3. The lowest BCUT2D eigenvalue weighted by Crippen LogP contribution is -2.30. The third-order valence-corrected chi connectivity index (χ3v) is 6.36. The lowest BCUT2D eigenvalue weighted by Gasteiger charge is -2.18. The van der Waals surface area contributed by atoms with Gasteiger partial charge < -0.3 is 10.1 Å². The Hall–Kier alpha value is -2.22. The topological polar surface area (TPSA) is 75.7 Å². The van der Waals surface area contributed by atoms with E-state index in [1.807, 2.05) is 24.3 Å². The summed E-state index contributed by atoms with van der Waals surface area (Å²) in [5, 5.41) is 3.10. The Balaban J connectivity index is 1.95. The van der Waals surface area contributed by atoms with Gasteiger partial charge in [-0.25, -0.2) is 8.42 Å². The van der Waals surface area contributed by atoms with Crippen LogP contribution in [-0.2, 0) is 16.6 Å². The number of Topliss-reactive ketones (excluding diaryl/α,β-unsaturated/α-hetero) is 1. The molecule has 0 radical (unpaired) electrons. The molecule has 7 heteroatoms. The summed E-state index contributed by atoms with van der Waals surface area (Å²) in [6, 6.07) is 13.7. The third-order valence-electron chi connectivity index (χ3n) is 4.29. The van der Waals surface area contributed by atoms with Crippen LogP contribution < -0.4 is 10.1 Å². The minimum atomic E-state index is -3.51. The van der Waals surface area contributed by atoms with Gasteiger partial charge in [0.05, 0.1) is 18.6 Å². The van der Waals surface area contributed by atoms with Crippen molar-refractivity contribution in [2.24, 2.45) is 0 Å². The van der Waals surface area contributed by atoms with Gasteiger partial charge in [0.1, 0.15) is 5.75 Å². The summed E-state index contributed by atoms with van der Waals surface area (Å²) >= 11 is 0. The number of hydrogen-bond acceptors (Lipinski definition) is 5. The van der Waals surface area contributed by atoms with E-state index in [0.717, 1.165) is 11.3 Å². The molecule has 0 amide bonds. The van der Waals surface area contributed by atoms with Crippen molar-refractivity contribution in [2.45, 2.75) is 25.3 Å². The molecule has 27 heavy (non-hydrogen) atoms. The summed E-state index contributed by atoms with van der Waals surface area (Å²) in [5.41, 5.74) is 1.53. The normalized spacial score (nSPS) is 11.6. The molecule has 0 fully saturated rings. The second kappa shape index (κ2) is 9.64. The van der Waals surface area contributed by atoms with Crippen LogP contribution in [0.2, 0.25) is 0 Å². The summed E-state index contributed by atoms with van der Waals surface area (Å²) in [4.78, 5) is 12.5. The van der Waals surface area contributed by atoms with Crippen molar-refractivity contribution < 1.29 is 17.9 Å². The Bertz CT molecular complexity index is 843. The molecule has 0 aromatic heterocycles. The van der Waals surface area contributed by atoms with Gasteiger partial charge in [-0.15, -0.1) is 0 Å². The van der Waals surface area contributed by atoms with Gasteiger partial charge in [0.15, 0.2) is 5.78 Å². The Morgan fingerprint density at radius 3 is 2.11 bits per heavy atom. The van der Waals surface area contributed by atoms with Gasteiger partial charge in [-0.2, -0.15) is 4.31 Å². The van der Waals surface area contributed by atoms with Crippen LogP contribution in [0.3, 0.4) is 0 Å². The zero-order valence-electron chi connectivity index (χ0n) is 15.9. The van der Waals surface area contributed by atoms with Crippen molar-refractivity contribution in [2.75, 3.05) is 26.7 Å². The van der Waals surface area contributed by atoms with Crippen LogP contribution in [0, 0.1) is 0 Å². The fraction of sp³-hybridized carbons (Fsp3) is 0.350. The molecule has 1 N–H and O–H groups in total. The molecule has 0 aliphatic rings. The Morgan fingerprint density at radius 1 is 1.00 bits per heavy atom. The first-order valence-corrected chi connectivity index (χ1v) is 10.3. The van der Waals surface area contributed by atoms with E-state index in [4.69, 9.17) is 4.74 Å². The van der Waals surface area contributed by atoms with Crippen LogP contribution >= 0.6 is 0 Å². The number of benzene rings is 2. The predicted molar refractivity (Wildman–Crippen MR) is 106 cm³/mol. The maximum atomic E-state index is 12.5. The van der Waals surface area contributed by atoms with Gasteiger partial charge in [0.25, 0.3) is 0 Å². The number of carbonyl (C=O) groups is 1. The summed E-state index contributed by atoms with van der Waals surface area (Å²) < 4.78 is 31.4. The molecule has 0 atom stereocenters. The number of hydrogen-bond donors (Lipinski definition) is 1. The first kappa shape index (κ1) is 21.1. The minimum Gasteiger partial charge on any atom is -0.497 e. The van der Waals surface area contributed by atoms with Crippen molar-refractivity contribution >= 4 is 15.8 Å².